The van der Waals surface area contributed by atoms with Crippen LogP contribution in [0, 0.1) is 11.3 Å². The molecular formula is C18H17Cl2N5O. The van der Waals surface area contributed by atoms with Crippen LogP contribution in [0.4, 0.5) is 5.82 Å². The van der Waals surface area contributed by atoms with Gasteiger partial charge < -0.3 is 10.2 Å². The second-order valence-corrected chi connectivity index (χ2v) is 7.20. The number of rotatable bonds is 5. The Hall–Kier alpha value is -2.36. The predicted octanol–water partition coefficient (Wildman–Crippen LogP) is 2.76. The third kappa shape index (κ3) is 4.63. The minimum Gasteiger partial charge on any atom is -0.353 e. The third-order valence-corrected chi connectivity index (χ3v) is 4.74. The second-order valence-electron chi connectivity index (χ2n) is 6.11. The molecule has 1 saturated heterocycles. The van der Waals surface area contributed by atoms with E-state index in [1.807, 2.05) is 30.3 Å². The van der Waals surface area contributed by atoms with Gasteiger partial charge in [0.2, 0.25) is 5.91 Å². The van der Waals surface area contributed by atoms with Crippen LogP contribution in [0.15, 0.2) is 36.4 Å². The molecule has 0 spiro atoms. The normalized spacial score (nSPS) is 16.5. The average molecular weight is 390 g/mol. The van der Waals surface area contributed by atoms with Gasteiger partial charge in [-0.25, -0.2) is 0 Å². The van der Waals surface area contributed by atoms with Gasteiger partial charge in [-0.05, 0) is 29.7 Å². The van der Waals surface area contributed by atoms with Crippen molar-refractivity contribution in [2.75, 3.05) is 18.0 Å². The van der Waals surface area contributed by atoms with Crippen LogP contribution in [-0.2, 0) is 11.2 Å². The lowest BCUT2D eigenvalue weighted by molar-refractivity contribution is -0.121. The fourth-order valence-corrected chi connectivity index (χ4v) is 3.18. The maximum absolute atomic E-state index is 12.3. The lowest BCUT2D eigenvalue weighted by atomic mass is 10.1. The molecule has 1 aliphatic heterocycles. The molecule has 1 aromatic carbocycles. The lowest BCUT2D eigenvalue weighted by Crippen LogP contribution is -2.38. The smallest absolute Gasteiger partial charge is 0.224 e. The number of carbonyl (C=O) groups excluding carboxylic acids is 1. The number of halogens is 2. The van der Waals surface area contributed by atoms with Gasteiger partial charge in [0, 0.05) is 19.1 Å². The number of alkyl halides is 2. The molecule has 26 heavy (non-hydrogen) atoms. The molecule has 3 rings (SSSR count). The molecule has 2 heterocycles. The molecular weight excluding hydrogens is 373 g/mol. The Balaban J connectivity index is 1.51. The van der Waals surface area contributed by atoms with Crippen LogP contribution in [0.5, 0.6) is 0 Å². The predicted molar refractivity (Wildman–Crippen MR) is 100 cm³/mol. The maximum atomic E-state index is 12.3. The van der Waals surface area contributed by atoms with Crippen LogP contribution in [0.2, 0.25) is 0 Å². The van der Waals surface area contributed by atoms with Crippen molar-refractivity contribution in [1.82, 2.24) is 15.5 Å². The summed E-state index contributed by atoms with van der Waals surface area (Å²) in [5, 5.41) is 19.7. The molecule has 1 amide bonds. The van der Waals surface area contributed by atoms with Crippen LogP contribution in [0.3, 0.4) is 0 Å². The molecule has 1 atom stereocenters. The van der Waals surface area contributed by atoms with Gasteiger partial charge in [0.15, 0.2) is 11.5 Å². The number of amides is 1. The van der Waals surface area contributed by atoms with Crippen molar-refractivity contribution in [1.29, 1.82) is 5.26 Å². The zero-order chi connectivity index (χ0) is 18.5. The molecule has 1 fully saturated rings. The van der Waals surface area contributed by atoms with Gasteiger partial charge in [-0.1, -0.05) is 24.3 Å². The first-order chi connectivity index (χ1) is 12.5. The molecule has 0 radical (unpaired) electrons. The Morgan fingerprint density at radius 1 is 1.27 bits per heavy atom. The SMILES string of the molecule is N#Cc1ccc(N2CC[C@@H](NC(=O)Cc3ccc(C(Cl)Cl)cc3)C2)nn1. The van der Waals surface area contributed by atoms with E-state index in [2.05, 4.69) is 20.4 Å². The number of nitriles is 1. The molecule has 6 nitrogen and oxygen atoms in total. The van der Waals surface area contributed by atoms with Crippen LogP contribution in [-0.4, -0.2) is 35.2 Å². The van der Waals surface area contributed by atoms with Crippen molar-refractivity contribution in [2.24, 2.45) is 0 Å². The summed E-state index contributed by atoms with van der Waals surface area (Å²) in [6.45, 7) is 1.46. The summed E-state index contributed by atoms with van der Waals surface area (Å²) in [5.74, 6) is 0.692. The Bertz CT molecular complexity index is 802. The number of nitrogens with one attached hydrogen (secondary N) is 1. The van der Waals surface area contributed by atoms with Crippen LogP contribution in [0.25, 0.3) is 0 Å². The average Bonchev–Trinajstić information content (AvgIpc) is 3.10. The molecule has 0 bridgehead atoms. The van der Waals surface area contributed by atoms with Gasteiger partial charge in [0.1, 0.15) is 10.9 Å². The Morgan fingerprint density at radius 3 is 2.65 bits per heavy atom. The summed E-state index contributed by atoms with van der Waals surface area (Å²) in [6, 6.07) is 12.8. The van der Waals surface area contributed by atoms with Gasteiger partial charge >= 0.3 is 0 Å². The highest BCUT2D eigenvalue weighted by Gasteiger charge is 2.25. The highest BCUT2D eigenvalue weighted by molar-refractivity contribution is 6.44. The molecule has 8 heteroatoms. The Kier molecular flexibility index (Phi) is 5.92. The van der Waals surface area contributed by atoms with Gasteiger partial charge in [-0.3, -0.25) is 4.79 Å². The molecule has 2 aromatic rings. The van der Waals surface area contributed by atoms with Crippen molar-refractivity contribution < 1.29 is 4.79 Å². The van der Waals surface area contributed by atoms with E-state index in [9.17, 15) is 4.79 Å². The number of aromatic nitrogens is 2. The molecule has 0 aliphatic carbocycles. The fourth-order valence-electron chi connectivity index (χ4n) is 2.88. The summed E-state index contributed by atoms with van der Waals surface area (Å²) in [4.78, 5) is 13.8. The van der Waals surface area contributed by atoms with E-state index in [0.717, 1.165) is 24.1 Å². The highest BCUT2D eigenvalue weighted by Crippen LogP contribution is 2.24. The van der Waals surface area contributed by atoms with E-state index in [-0.39, 0.29) is 11.9 Å². The summed E-state index contributed by atoms with van der Waals surface area (Å²) in [5.41, 5.74) is 2.01. The molecule has 1 N–H and O–H groups in total. The Labute approximate surface area is 161 Å². The highest BCUT2D eigenvalue weighted by atomic mass is 35.5. The monoisotopic (exact) mass is 389 g/mol. The first kappa shape index (κ1) is 18.4. The first-order valence-electron chi connectivity index (χ1n) is 8.20. The van der Waals surface area contributed by atoms with E-state index in [0.29, 0.717) is 24.5 Å². The van der Waals surface area contributed by atoms with E-state index in [1.165, 1.54) is 0 Å². The van der Waals surface area contributed by atoms with Crippen molar-refractivity contribution in [2.45, 2.75) is 23.7 Å². The molecule has 134 valence electrons. The number of benzene rings is 1. The summed E-state index contributed by atoms with van der Waals surface area (Å²) >= 11 is 11.6. The standard InChI is InChI=1S/C18H17Cl2N5O/c19-18(20)13-3-1-12(2-4-13)9-17(26)22-15-7-8-25(11-15)16-6-5-14(10-21)23-24-16/h1-6,15,18H,7-9,11H2,(H,22,26)/t15-/m1/s1. The van der Waals surface area contributed by atoms with Crippen LogP contribution >= 0.6 is 23.2 Å². The maximum Gasteiger partial charge on any atom is 0.224 e. The minimum absolute atomic E-state index is 0.0243. The summed E-state index contributed by atoms with van der Waals surface area (Å²) in [7, 11) is 0. The zero-order valence-electron chi connectivity index (χ0n) is 13.9. The van der Waals surface area contributed by atoms with Gasteiger partial charge in [0.05, 0.1) is 6.42 Å². The Morgan fingerprint density at radius 2 is 2.04 bits per heavy atom. The lowest BCUT2D eigenvalue weighted by Gasteiger charge is -2.17. The number of carbonyl (C=O) groups is 1. The van der Waals surface area contributed by atoms with E-state index >= 15 is 0 Å². The number of hydrogen-bond donors (Lipinski definition) is 1. The van der Waals surface area contributed by atoms with Gasteiger partial charge in [0.25, 0.3) is 0 Å². The minimum atomic E-state index is -0.562. The van der Waals surface area contributed by atoms with E-state index in [1.54, 1.807) is 12.1 Å². The molecule has 0 unspecified atom stereocenters. The third-order valence-electron chi connectivity index (χ3n) is 4.24. The number of nitrogens with zero attached hydrogens (tertiary/aromatic N) is 4. The fraction of sp³-hybridized carbons (Fsp3) is 0.333. The van der Waals surface area contributed by atoms with Crippen LogP contribution in [0.1, 0.15) is 28.1 Å². The topological polar surface area (TPSA) is 81.9 Å². The van der Waals surface area contributed by atoms with Crippen molar-refractivity contribution in [3.8, 4) is 6.07 Å². The molecule has 0 saturated carbocycles. The van der Waals surface area contributed by atoms with Crippen LogP contribution < -0.4 is 10.2 Å². The van der Waals surface area contributed by atoms with Crippen molar-refractivity contribution in [3.63, 3.8) is 0 Å². The van der Waals surface area contributed by atoms with E-state index in [4.69, 9.17) is 28.5 Å². The summed E-state index contributed by atoms with van der Waals surface area (Å²) < 4.78 is 0. The van der Waals surface area contributed by atoms with Gasteiger partial charge in [-0.2, -0.15) is 5.26 Å². The number of anilines is 1. The quantitative estimate of drug-likeness (QED) is 0.794. The summed E-state index contributed by atoms with van der Waals surface area (Å²) in [6.07, 6.45) is 1.15. The van der Waals surface area contributed by atoms with Crippen molar-refractivity contribution >= 4 is 34.9 Å². The van der Waals surface area contributed by atoms with E-state index < -0.39 is 4.84 Å². The second kappa shape index (κ2) is 8.35. The number of hydrogen-bond acceptors (Lipinski definition) is 5. The first-order valence-corrected chi connectivity index (χ1v) is 9.07. The van der Waals surface area contributed by atoms with Crippen molar-refractivity contribution in [3.05, 3.63) is 53.2 Å². The molecule has 1 aromatic heterocycles. The zero-order valence-corrected chi connectivity index (χ0v) is 15.4. The van der Waals surface area contributed by atoms with Gasteiger partial charge in [-0.15, -0.1) is 33.4 Å². The largest absolute Gasteiger partial charge is 0.353 e. The molecule has 1 aliphatic rings.